The van der Waals surface area contributed by atoms with E-state index < -0.39 is 0 Å². The van der Waals surface area contributed by atoms with Gasteiger partial charge >= 0.3 is 5.97 Å². The van der Waals surface area contributed by atoms with Crippen molar-refractivity contribution in [3.63, 3.8) is 0 Å². The molecule has 0 aromatic heterocycles. The number of hydrogen-bond acceptors (Lipinski definition) is 3. The lowest BCUT2D eigenvalue weighted by Crippen LogP contribution is -2.46. The van der Waals surface area contributed by atoms with Crippen molar-refractivity contribution in [1.29, 1.82) is 0 Å². The van der Waals surface area contributed by atoms with Gasteiger partial charge in [-0.1, -0.05) is 20.8 Å². The van der Waals surface area contributed by atoms with E-state index in [2.05, 4.69) is 20.8 Å². The van der Waals surface area contributed by atoms with Crippen molar-refractivity contribution in [1.82, 2.24) is 0 Å². The summed E-state index contributed by atoms with van der Waals surface area (Å²) < 4.78 is 4.85. The topological polar surface area (TPSA) is 52.3 Å². The minimum atomic E-state index is -0.326. The Kier molecular flexibility index (Phi) is 5.65. The first kappa shape index (κ1) is 17.5. The van der Waals surface area contributed by atoms with Gasteiger partial charge in [0.2, 0.25) is 0 Å². The molecule has 1 rings (SSSR count). The Morgan fingerprint density at radius 2 is 1.65 bits per heavy atom. The smallest absolute Gasteiger partial charge is 0.305 e. The van der Waals surface area contributed by atoms with Crippen LogP contribution in [0.4, 0.5) is 0 Å². The summed E-state index contributed by atoms with van der Waals surface area (Å²) in [7, 11) is 1.46. The highest BCUT2D eigenvalue weighted by Crippen LogP contribution is 2.44. The molecule has 1 atom stereocenters. The van der Waals surface area contributed by atoms with Crippen LogP contribution in [-0.2, 0) is 9.53 Å². The van der Waals surface area contributed by atoms with Gasteiger partial charge in [0.05, 0.1) is 13.5 Å². The van der Waals surface area contributed by atoms with Gasteiger partial charge < -0.3 is 10.5 Å². The van der Waals surface area contributed by atoms with E-state index in [0.29, 0.717) is 17.8 Å². The molecule has 0 bridgehead atoms. The Morgan fingerprint density at radius 1 is 1.15 bits per heavy atom. The third-order valence-electron chi connectivity index (χ3n) is 5.14. The molecule has 1 unspecified atom stereocenters. The fraction of sp³-hybridized carbons (Fsp3) is 0.941. The third kappa shape index (κ3) is 4.76. The monoisotopic (exact) mass is 283 g/mol. The second-order valence-corrected chi connectivity index (χ2v) is 8.19. The van der Waals surface area contributed by atoms with Crippen LogP contribution in [0, 0.1) is 23.2 Å². The highest BCUT2D eigenvalue weighted by Gasteiger charge is 2.38. The van der Waals surface area contributed by atoms with Gasteiger partial charge in [-0.3, -0.25) is 4.79 Å². The first-order valence-electron chi connectivity index (χ1n) is 7.91. The molecule has 0 amide bonds. The average Bonchev–Trinajstić information content (AvgIpc) is 2.33. The van der Waals surface area contributed by atoms with Crippen molar-refractivity contribution < 1.29 is 9.53 Å². The van der Waals surface area contributed by atoms with Crippen molar-refractivity contribution in [2.75, 3.05) is 7.11 Å². The predicted molar refractivity (Wildman–Crippen MR) is 83.3 cm³/mol. The second-order valence-electron chi connectivity index (χ2n) is 8.19. The summed E-state index contributed by atoms with van der Waals surface area (Å²) in [5, 5.41) is 0. The molecule has 3 nitrogen and oxygen atoms in total. The number of methoxy groups -OCH3 is 1. The lowest BCUT2D eigenvalue weighted by atomic mass is 9.64. The van der Waals surface area contributed by atoms with Gasteiger partial charge in [0.15, 0.2) is 0 Å². The quantitative estimate of drug-likeness (QED) is 0.799. The van der Waals surface area contributed by atoms with Crippen LogP contribution < -0.4 is 5.73 Å². The lowest BCUT2D eigenvalue weighted by Gasteiger charge is -2.43. The Balaban J connectivity index is 2.69. The van der Waals surface area contributed by atoms with Gasteiger partial charge in [-0.2, -0.15) is 0 Å². The summed E-state index contributed by atoms with van der Waals surface area (Å²) in [6.45, 7) is 11.1. The molecule has 0 heterocycles. The van der Waals surface area contributed by atoms with Crippen molar-refractivity contribution in [3.8, 4) is 0 Å². The van der Waals surface area contributed by atoms with Crippen LogP contribution in [0.25, 0.3) is 0 Å². The van der Waals surface area contributed by atoms with Gasteiger partial charge in [-0.15, -0.1) is 0 Å². The number of nitrogens with two attached hydrogens (primary N) is 1. The molecule has 1 fully saturated rings. The SMILES string of the molecule is COC(=O)CC(C1CCC(C(C)(C)C)CC1)C(C)(C)N. The maximum atomic E-state index is 11.7. The summed E-state index contributed by atoms with van der Waals surface area (Å²) in [6, 6.07) is 0. The molecule has 0 aliphatic heterocycles. The van der Waals surface area contributed by atoms with Crippen molar-refractivity contribution in [2.45, 2.75) is 72.3 Å². The molecule has 2 N–H and O–H groups in total. The summed E-state index contributed by atoms with van der Waals surface area (Å²) in [5.74, 6) is 1.42. The van der Waals surface area contributed by atoms with Crippen LogP contribution in [0.1, 0.15) is 66.7 Å². The zero-order chi connectivity index (χ0) is 15.6. The maximum absolute atomic E-state index is 11.7. The number of carbonyl (C=O) groups is 1. The van der Waals surface area contributed by atoms with Gasteiger partial charge in [0, 0.05) is 5.54 Å². The zero-order valence-electron chi connectivity index (χ0n) is 14.2. The minimum absolute atomic E-state index is 0.133. The van der Waals surface area contributed by atoms with Crippen LogP contribution in [0.5, 0.6) is 0 Å². The Hall–Kier alpha value is -0.570. The standard InChI is InChI=1S/C17H33NO2/c1-16(2,3)13-9-7-12(8-10-13)14(17(4,5)18)11-15(19)20-6/h12-14H,7-11,18H2,1-6H3. The molecule has 0 aromatic carbocycles. The summed E-state index contributed by atoms with van der Waals surface area (Å²) in [6.07, 6.45) is 5.32. The largest absolute Gasteiger partial charge is 0.469 e. The van der Waals surface area contributed by atoms with Gasteiger partial charge in [0.1, 0.15) is 0 Å². The van der Waals surface area contributed by atoms with E-state index in [4.69, 9.17) is 10.5 Å². The minimum Gasteiger partial charge on any atom is -0.469 e. The van der Waals surface area contributed by atoms with E-state index in [1.54, 1.807) is 0 Å². The van der Waals surface area contributed by atoms with E-state index in [0.717, 1.165) is 5.92 Å². The van der Waals surface area contributed by atoms with E-state index >= 15 is 0 Å². The van der Waals surface area contributed by atoms with Crippen LogP contribution in [0.15, 0.2) is 0 Å². The normalized spacial score (nSPS) is 26.1. The number of ether oxygens (including phenoxy) is 1. The number of rotatable bonds is 4. The van der Waals surface area contributed by atoms with Crippen molar-refractivity contribution in [3.05, 3.63) is 0 Å². The molecule has 0 radical (unpaired) electrons. The summed E-state index contributed by atoms with van der Waals surface area (Å²) >= 11 is 0. The first-order chi connectivity index (χ1) is 9.05. The Morgan fingerprint density at radius 3 is 2.00 bits per heavy atom. The zero-order valence-corrected chi connectivity index (χ0v) is 14.2. The molecule has 1 saturated carbocycles. The predicted octanol–water partition coefficient (Wildman–Crippen LogP) is 3.76. The van der Waals surface area contributed by atoms with Crippen LogP contribution in [-0.4, -0.2) is 18.6 Å². The number of carbonyl (C=O) groups excluding carboxylic acids is 1. The average molecular weight is 283 g/mol. The van der Waals surface area contributed by atoms with E-state index in [-0.39, 0.29) is 17.4 Å². The van der Waals surface area contributed by atoms with Gasteiger partial charge in [-0.05, 0) is 62.7 Å². The highest BCUT2D eigenvalue weighted by molar-refractivity contribution is 5.69. The van der Waals surface area contributed by atoms with Crippen LogP contribution >= 0.6 is 0 Å². The molecular formula is C17H33NO2. The van der Waals surface area contributed by atoms with E-state index in [9.17, 15) is 4.79 Å². The number of esters is 1. The van der Waals surface area contributed by atoms with Crippen LogP contribution in [0.2, 0.25) is 0 Å². The molecule has 118 valence electrons. The molecule has 1 aliphatic rings. The van der Waals surface area contributed by atoms with Crippen molar-refractivity contribution in [2.24, 2.45) is 28.9 Å². The lowest BCUT2D eigenvalue weighted by molar-refractivity contribution is -0.143. The molecule has 0 saturated heterocycles. The summed E-state index contributed by atoms with van der Waals surface area (Å²) in [4.78, 5) is 11.7. The number of hydrogen-bond donors (Lipinski definition) is 1. The Bertz CT molecular complexity index is 317. The van der Waals surface area contributed by atoms with E-state index in [1.807, 2.05) is 13.8 Å². The van der Waals surface area contributed by atoms with E-state index in [1.165, 1.54) is 32.8 Å². The molecule has 20 heavy (non-hydrogen) atoms. The molecule has 3 heteroatoms. The van der Waals surface area contributed by atoms with Crippen LogP contribution in [0.3, 0.4) is 0 Å². The second kappa shape index (κ2) is 6.46. The molecular weight excluding hydrogens is 250 g/mol. The highest BCUT2D eigenvalue weighted by atomic mass is 16.5. The molecule has 1 aliphatic carbocycles. The molecule has 0 spiro atoms. The first-order valence-corrected chi connectivity index (χ1v) is 7.91. The maximum Gasteiger partial charge on any atom is 0.305 e. The third-order valence-corrected chi connectivity index (χ3v) is 5.14. The van der Waals surface area contributed by atoms with Gasteiger partial charge in [-0.25, -0.2) is 0 Å². The van der Waals surface area contributed by atoms with Crippen molar-refractivity contribution >= 4 is 5.97 Å². The van der Waals surface area contributed by atoms with Gasteiger partial charge in [0.25, 0.3) is 0 Å². The fourth-order valence-electron chi connectivity index (χ4n) is 3.69. The summed E-state index contributed by atoms with van der Waals surface area (Å²) in [5.41, 5.74) is 6.39. The molecule has 0 aromatic rings. The Labute approximate surface area is 124 Å². The fourth-order valence-corrected chi connectivity index (χ4v) is 3.69.